The second kappa shape index (κ2) is 7.11. The standard InChI is InChI=1S/C24H18ClN3O2/c1-2-19(28-23(29)15-10-6-7-11-16(15)24(28)30)20-17(25)12-13-18-21(20)22(27-26-18)14-8-4-3-5-9-14/h3-13,19H,2H2,1H3,(H,26,27). The Morgan fingerprint density at radius 1 is 0.933 bits per heavy atom. The van der Waals surface area contributed by atoms with Gasteiger partial charge in [0.25, 0.3) is 11.8 Å². The van der Waals surface area contributed by atoms with Gasteiger partial charge in [-0.1, -0.05) is 61.0 Å². The van der Waals surface area contributed by atoms with Gasteiger partial charge in [-0.3, -0.25) is 19.6 Å². The number of aromatic amines is 1. The van der Waals surface area contributed by atoms with Gasteiger partial charge < -0.3 is 0 Å². The Morgan fingerprint density at radius 2 is 1.57 bits per heavy atom. The molecule has 5 rings (SSSR count). The zero-order chi connectivity index (χ0) is 20.8. The van der Waals surface area contributed by atoms with E-state index in [2.05, 4.69) is 10.2 Å². The number of hydrogen-bond donors (Lipinski definition) is 1. The van der Waals surface area contributed by atoms with E-state index in [1.807, 2.05) is 43.3 Å². The molecule has 0 spiro atoms. The zero-order valence-corrected chi connectivity index (χ0v) is 17.0. The van der Waals surface area contributed by atoms with Crippen LogP contribution in [0.4, 0.5) is 0 Å². The maximum Gasteiger partial charge on any atom is 0.262 e. The highest BCUT2D eigenvalue weighted by Gasteiger charge is 2.41. The molecule has 30 heavy (non-hydrogen) atoms. The van der Waals surface area contributed by atoms with Crippen molar-refractivity contribution in [2.24, 2.45) is 0 Å². The number of aromatic nitrogens is 2. The minimum atomic E-state index is -0.506. The molecule has 0 saturated carbocycles. The molecule has 6 heteroatoms. The van der Waals surface area contributed by atoms with Gasteiger partial charge in [0.15, 0.2) is 0 Å². The summed E-state index contributed by atoms with van der Waals surface area (Å²) in [6.07, 6.45) is 0.531. The molecule has 1 aromatic heterocycles. The number of benzene rings is 3. The summed E-state index contributed by atoms with van der Waals surface area (Å²) < 4.78 is 0. The van der Waals surface area contributed by atoms with E-state index in [1.165, 1.54) is 4.90 Å². The van der Waals surface area contributed by atoms with E-state index in [0.29, 0.717) is 22.6 Å². The van der Waals surface area contributed by atoms with E-state index in [4.69, 9.17) is 11.6 Å². The lowest BCUT2D eigenvalue weighted by molar-refractivity contribution is 0.0579. The van der Waals surface area contributed by atoms with Gasteiger partial charge in [0.1, 0.15) is 5.69 Å². The van der Waals surface area contributed by atoms with Gasteiger partial charge in [-0.25, -0.2) is 0 Å². The van der Waals surface area contributed by atoms with Gasteiger partial charge >= 0.3 is 0 Å². The third-order valence-corrected chi connectivity index (χ3v) is 5.95. The van der Waals surface area contributed by atoms with E-state index in [0.717, 1.165) is 27.7 Å². The van der Waals surface area contributed by atoms with Gasteiger partial charge in [0.2, 0.25) is 0 Å². The number of amides is 2. The van der Waals surface area contributed by atoms with Crippen LogP contribution in [0.3, 0.4) is 0 Å². The van der Waals surface area contributed by atoms with Gasteiger partial charge in [0.05, 0.1) is 22.7 Å². The van der Waals surface area contributed by atoms with Gasteiger partial charge in [0, 0.05) is 21.5 Å². The normalized spacial score (nSPS) is 14.4. The van der Waals surface area contributed by atoms with Crippen LogP contribution >= 0.6 is 11.6 Å². The van der Waals surface area contributed by atoms with Crippen LogP contribution in [0.25, 0.3) is 22.2 Å². The molecule has 3 aromatic carbocycles. The molecule has 1 unspecified atom stereocenters. The molecule has 1 N–H and O–H groups in total. The molecule has 0 saturated heterocycles. The summed E-state index contributed by atoms with van der Waals surface area (Å²) in [6, 6.07) is 19.9. The Bertz CT molecular complexity index is 1260. The van der Waals surface area contributed by atoms with E-state index in [9.17, 15) is 9.59 Å². The minimum Gasteiger partial charge on any atom is -0.277 e. The number of hydrogen-bond acceptors (Lipinski definition) is 3. The SMILES string of the molecule is CCC(c1c(Cl)ccc2[nH]nc(-c3ccccc3)c12)N1C(=O)c2ccccc2C1=O. The number of carbonyl (C=O) groups is 2. The Morgan fingerprint density at radius 3 is 2.20 bits per heavy atom. The van der Waals surface area contributed by atoms with Crippen molar-refractivity contribution in [2.45, 2.75) is 19.4 Å². The van der Waals surface area contributed by atoms with Crippen molar-refractivity contribution in [1.29, 1.82) is 0 Å². The number of nitrogens with one attached hydrogen (secondary N) is 1. The van der Waals surface area contributed by atoms with Gasteiger partial charge in [-0.2, -0.15) is 5.10 Å². The number of rotatable bonds is 4. The largest absolute Gasteiger partial charge is 0.277 e. The van der Waals surface area contributed by atoms with Crippen LogP contribution in [0, 0.1) is 0 Å². The summed E-state index contributed by atoms with van der Waals surface area (Å²) in [5.74, 6) is -0.583. The van der Waals surface area contributed by atoms with E-state index in [-0.39, 0.29) is 11.8 Å². The molecule has 0 radical (unpaired) electrons. The molecule has 1 aliphatic rings. The lowest BCUT2D eigenvalue weighted by Gasteiger charge is -2.27. The van der Waals surface area contributed by atoms with Gasteiger partial charge in [-0.15, -0.1) is 0 Å². The smallest absolute Gasteiger partial charge is 0.262 e. The lowest BCUT2D eigenvalue weighted by atomic mass is 9.95. The average Bonchev–Trinajstić information content (AvgIpc) is 3.31. The summed E-state index contributed by atoms with van der Waals surface area (Å²) in [7, 11) is 0. The Hall–Kier alpha value is -3.44. The lowest BCUT2D eigenvalue weighted by Crippen LogP contribution is -2.34. The maximum atomic E-state index is 13.2. The summed E-state index contributed by atoms with van der Waals surface area (Å²) >= 11 is 6.69. The van der Waals surface area contributed by atoms with Crippen molar-refractivity contribution in [3.8, 4) is 11.3 Å². The molecule has 2 amide bonds. The quantitative estimate of drug-likeness (QED) is 0.439. The molecule has 4 aromatic rings. The fourth-order valence-corrected chi connectivity index (χ4v) is 4.54. The monoisotopic (exact) mass is 415 g/mol. The Balaban J connectivity index is 1.73. The Kier molecular flexibility index (Phi) is 4.40. The van der Waals surface area contributed by atoms with Crippen LogP contribution < -0.4 is 0 Å². The van der Waals surface area contributed by atoms with Crippen LogP contribution in [0.2, 0.25) is 5.02 Å². The van der Waals surface area contributed by atoms with Crippen molar-refractivity contribution in [3.05, 3.63) is 88.4 Å². The minimum absolute atomic E-state index is 0.291. The van der Waals surface area contributed by atoms with E-state index < -0.39 is 6.04 Å². The molecule has 0 bridgehead atoms. The molecule has 0 aliphatic carbocycles. The summed E-state index contributed by atoms with van der Waals surface area (Å²) in [5, 5.41) is 8.92. The summed E-state index contributed by atoms with van der Waals surface area (Å²) in [6.45, 7) is 1.95. The van der Waals surface area contributed by atoms with Crippen LogP contribution in [0.15, 0.2) is 66.7 Å². The van der Waals surface area contributed by atoms with Crippen LogP contribution in [-0.4, -0.2) is 26.9 Å². The predicted molar refractivity (Wildman–Crippen MR) is 117 cm³/mol. The average molecular weight is 416 g/mol. The number of imide groups is 1. The number of H-pyrrole nitrogens is 1. The van der Waals surface area contributed by atoms with E-state index in [1.54, 1.807) is 30.3 Å². The fourth-order valence-electron chi connectivity index (χ4n) is 4.25. The number of carbonyl (C=O) groups excluding carboxylic acids is 2. The first-order valence-electron chi connectivity index (χ1n) is 9.80. The fraction of sp³-hybridized carbons (Fsp3) is 0.125. The second-order valence-corrected chi connectivity index (χ2v) is 7.68. The zero-order valence-electron chi connectivity index (χ0n) is 16.2. The summed E-state index contributed by atoms with van der Waals surface area (Å²) in [5.41, 5.74) is 4.09. The molecule has 0 fully saturated rings. The first-order valence-corrected chi connectivity index (χ1v) is 10.2. The number of fused-ring (bicyclic) bond motifs is 2. The molecule has 1 atom stereocenters. The molecule has 1 aliphatic heterocycles. The van der Waals surface area contributed by atoms with Gasteiger partial charge in [-0.05, 0) is 30.7 Å². The third kappa shape index (κ3) is 2.66. The van der Waals surface area contributed by atoms with Crippen molar-refractivity contribution < 1.29 is 9.59 Å². The van der Waals surface area contributed by atoms with Crippen molar-refractivity contribution in [1.82, 2.24) is 15.1 Å². The maximum absolute atomic E-state index is 13.2. The molecular weight excluding hydrogens is 398 g/mol. The molecule has 148 valence electrons. The summed E-state index contributed by atoms with van der Waals surface area (Å²) in [4.78, 5) is 27.7. The van der Waals surface area contributed by atoms with Crippen LogP contribution in [0.5, 0.6) is 0 Å². The van der Waals surface area contributed by atoms with Crippen molar-refractivity contribution in [2.75, 3.05) is 0 Å². The number of nitrogens with zero attached hydrogens (tertiary/aromatic N) is 2. The first kappa shape index (κ1) is 18.6. The van der Waals surface area contributed by atoms with Crippen LogP contribution in [0.1, 0.15) is 45.7 Å². The highest BCUT2D eigenvalue weighted by atomic mass is 35.5. The molecular formula is C24H18ClN3O2. The molecule has 2 heterocycles. The van der Waals surface area contributed by atoms with Crippen molar-refractivity contribution in [3.63, 3.8) is 0 Å². The molecule has 5 nitrogen and oxygen atoms in total. The highest BCUT2D eigenvalue weighted by molar-refractivity contribution is 6.33. The van der Waals surface area contributed by atoms with Crippen LogP contribution in [-0.2, 0) is 0 Å². The number of halogens is 1. The van der Waals surface area contributed by atoms with E-state index >= 15 is 0 Å². The predicted octanol–water partition coefficient (Wildman–Crippen LogP) is 5.63. The second-order valence-electron chi connectivity index (χ2n) is 7.27. The van der Waals surface area contributed by atoms with Crippen molar-refractivity contribution >= 4 is 34.3 Å². The third-order valence-electron chi connectivity index (χ3n) is 5.62. The highest BCUT2D eigenvalue weighted by Crippen LogP contribution is 2.42. The topological polar surface area (TPSA) is 66.1 Å². The Labute approximate surface area is 178 Å². The first-order chi connectivity index (χ1) is 14.6.